The number of aliphatic hydroxyl groups is 1. The zero-order chi connectivity index (χ0) is 12.4. The zero-order valence-corrected chi connectivity index (χ0v) is 9.52. The minimum atomic E-state index is -0.601. The van der Waals surface area contributed by atoms with Crippen LogP contribution < -0.4 is 4.74 Å². The molecule has 1 amide bonds. The Bertz CT molecular complexity index is 436. The summed E-state index contributed by atoms with van der Waals surface area (Å²) in [7, 11) is 1.44. The number of halogens is 1. The van der Waals surface area contributed by atoms with Gasteiger partial charge in [0.05, 0.1) is 18.8 Å². The molecule has 0 radical (unpaired) electrons. The van der Waals surface area contributed by atoms with Gasteiger partial charge in [-0.2, -0.15) is 0 Å². The number of carbonyl (C=O) groups is 1. The lowest BCUT2D eigenvalue weighted by Crippen LogP contribution is -2.30. The lowest BCUT2D eigenvalue weighted by atomic mass is 10.2. The molecule has 1 aliphatic rings. The molecule has 17 heavy (non-hydrogen) atoms. The Labute approximate surface area is 98.6 Å². The predicted octanol–water partition coefficient (Wildman–Crippen LogP) is 1.04. The molecule has 1 fully saturated rings. The van der Waals surface area contributed by atoms with E-state index in [-0.39, 0.29) is 18.0 Å². The van der Waals surface area contributed by atoms with Crippen LogP contribution in [0, 0.1) is 5.82 Å². The van der Waals surface area contributed by atoms with Gasteiger partial charge in [-0.15, -0.1) is 0 Å². The van der Waals surface area contributed by atoms with Gasteiger partial charge in [0, 0.05) is 19.2 Å². The molecule has 5 heteroatoms. The van der Waals surface area contributed by atoms with Crippen molar-refractivity contribution in [2.24, 2.45) is 0 Å². The third-order valence-corrected chi connectivity index (χ3v) is 2.86. The third-order valence-electron chi connectivity index (χ3n) is 2.86. The lowest BCUT2D eigenvalue weighted by Gasteiger charge is -2.16. The van der Waals surface area contributed by atoms with Crippen molar-refractivity contribution in [3.05, 3.63) is 29.6 Å². The van der Waals surface area contributed by atoms with Crippen LogP contribution in [0.5, 0.6) is 5.75 Å². The van der Waals surface area contributed by atoms with Crippen molar-refractivity contribution < 1.29 is 19.0 Å². The second kappa shape index (κ2) is 4.71. The molecule has 1 saturated heterocycles. The van der Waals surface area contributed by atoms with Crippen LogP contribution in [0.1, 0.15) is 16.8 Å². The molecule has 0 bridgehead atoms. The first-order valence-electron chi connectivity index (χ1n) is 5.42. The lowest BCUT2D eigenvalue weighted by molar-refractivity contribution is 0.0760. The smallest absolute Gasteiger partial charge is 0.256 e. The van der Waals surface area contributed by atoms with E-state index in [2.05, 4.69) is 0 Å². The highest BCUT2D eigenvalue weighted by atomic mass is 19.1. The fraction of sp³-hybridized carbons (Fsp3) is 0.417. The number of amides is 1. The van der Waals surface area contributed by atoms with Gasteiger partial charge in [-0.3, -0.25) is 4.79 Å². The number of rotatable bonds is 2. The molecule has 0 unspecified atom stereocenters. The van der Waals surface area contributed by atoms with Crippen molar-refractivity contribution in [3.63, 3.8) is 0 Å². The van der Waals surface area contributed by atoms with Gasteiger partial charge in [0.15, 0.2) is 0 Å². The molecule has 0 aromatic heterocycles. The van der Waals surface area contributed by atoms with E-state index in [9.17, 15) is 14.3 Å². The van der Waals surface area contributed by atoms with E-state index in [0.717, 1.165) is 0 Å². The molecule has 0 spiro atoms. The molecule has 0 saturated carbocycles. The summed E-state index contributed by atoms with van der Waals surface area (Å²) >= 11 is 0. The molecule has 1 N–H and O–H groups in total. The molecule has 0 aliphatic carbocycles. The van der Waals surface area contributed by atoms with E-state index in [1.165, 1.54) is 24.1 Å². The van der Waals surface area contributed by atoms with E-state index in [1.54, 1.807) is 6.07 Å². The minimum Gasteiger partial charge on any atom is -0.497 e. The Morgan fingerprint density at radius 2 is 2.35 bits per heavy atom. The van der Waals surface area contributed by atoms with Crippen molar-refractivity contribution in [1.82, 2.24) is 4.90 Å². The van der Waals surface area contributed by atoms with Crippen molar-refractivity contribution in [1.29, 1.82) is 0 Å². The Morgan fingerprint density at radius 3 is 2.88 bits per heavy atom. The van der Waals surface area contributed by atoms with E-state index < -0.39 is 11.9 Å². The molecule has 2 rings (SSSR count). The fourth-order valence-electron chi connectivity index (χ4n) is 1.89. The Hall–Kier alpha value is -1.62. The van der Waals surface area contributed by atoms with Crippen molar-refractivity contribution in [2.75, 3.05) is 20.2 Å². The highest BCUT2D eigenvalue weighted by molar-refractivity contribution is 5.94. The number of β-amino-alcohol motifs (C(OH)–C–C–N with tert-alkyl or cyclic N) is 1. The second-order valence-electron chi connectivity index (χ2n) is 4.04. The first kappa shape index (κ1) is 11.9. The summed E-state index contributed by atoms with van der Waals surface area (Å²) in [6.45, 7) is 0.732. The van der Waals surface area contributed by atoms with Crippen LogP contribution >= 0.6 is 0 Å². The van der Waals surface area contributed by atoms with Crippen LogP contribution in [0.4, 0.5) is 4.39 Å². The van der Waals surface area contributed by atoms with Gasteiger partial charge in [0.2, 0.25) is 0 Å². The molecular formula is C12H14FNO3. The van der Waals surface area contributed by atoms with Gasteiger partial charge < -0.3 is 14.7 Å². The molecule has 1 aromatic carbocycles. The van der Waals surface area contributed by atoms with Gasteiger partial charge in [0.1, 0.15) is 11.6 Å². The molecule has 92 valence electrons. The summed E-state index contributed by atoms with van der Waals surface area (Å²) < 4.78 is 18.5. The number of hydrogen-bond donors (Lipinski definition) is 1. The maximum Gasteiger partial charge on any atom is 0.256 e. The Morgan fingerprint density at radius 1 is 1.59 bits per heavy atom. The summed E-state index contributed by atoms with van der Waals surface area (Å²) in [4.78, 5) is 13.4. The van der Waals surface area contributed by atoms with Crippen LogP contribution in [0.25, 0.3) is 0 Å². The second-order valence-corrected chi connectivity index (χ2v) is 4.04. The standard InChI is InChI=1S/C12H14FNO3/c1-17-9-2-3-10(11(13)6-9)12(16)14-5-4-8(15)7-14/h2-3,6,8,15H,4-5,7H2,1H3/t8-/m0/s1. The quantitative estimate of drug-likeness (QED) is 0.839. The fourth-order valence-corrected chi connectivity index (χ4v) is 1.89. The summed E-state index contributed by atoms with van der Waals surface area (Å²) in [5, 5.41) is 9.34. The van der Waals surface area contributed by atoms with Gasteiger partial charge in [-0.25, -0.2) is 4.39 Å². The Kier molecular flexibility index (Phi) is 3.28. The van der Waals surface area contributed by atoms with Crippen LogP contribution in [0.3, 0.4) is 0 Å². The SMILES string of the molecule is COc1ccc(C(=O)N2CC[C@H](O)C2)c(F)c1. The van der Waals surface area contributed by atoms with Gasteiger partial charge in [-0.05, 0) is 18.6 Å². The van der Waals surface area contributed by atoms with Crippen molar-refractivity contribution >= 4 is 5.91 Å². The number of hydrogen-bond acceptors (Lipinski definition) is 3. The minimum absolute atomic E-state index is 0.0138. The summed E-state index contributed by atoms with van der Waals surface area (Å²) in [5.74, 6) is -0.613. The number of ether oxygens (including phenoxy) is 1. The first-order chi connectivity index (χ1) is 8.11. The molecular weight excluding hydrogens is 225 g/mol. The monoisotopic (exact) mass is 239 g/mol. The number of methoxy groups -OCH3 is 1. The molecule has 1 aromatic rings. The van der Waals surface area contributed by atoms with E-state index in [4.69, 9.17) is 4.74 Å². The average Bonchev–Trinajstić information content (AvgIpc) is 2.75. The highest BCUT2D eigenvalue weighted by Gasteiger charge is 2.27. The number of carbonyl (C=O) groups excluding carboxylic acids is 1. The summed E-state index contributed by atoms with van der Waals surface area (Å²) in [6.07, 6.45) is 0.0454. The largest absolute Gasteiger partial charge is 0.497 e. The molecule has 1 heterocycles. The van der Waals surface area contributed by atoms with Crippen molar-refractivity contribution in [3.8, 4) is 5.75 Å². The first-order valence-corrected chi connectivity index (χ1v) is 5.42. The van der Waals surface area contributed by atoms with E-state index in [0.29, 0.717) is 18.7 Å². The normalized spacial score (nSPS) is 19.5. The van der Waals surface area contributed by atoms with E-state index in [1.807, 2.05) is 0 Å². The number of nitrogens with zero attached hydrogens (tertiary/aromatic N) is 1. The van der Waals surface area contributed by atoms with Gasteiger partial charge in [-0.1, -0.05) is 0 Å². The van der Waals surface area contributed by atoms with Crippen LogP contribution in [-0.2, 0) is 0 Å². The highest BCUT2D eigenvalue weighted by Crippen LogP contribution is 2.19. The summed E-state index contributed by atoms with van der Waals surface area (Å²) in [5.41, 5.74) is 0.0138. The van der Waals surface area contributed by atoms with Crippen LogP contribution in [0.2, 0.25) is 0 Å². The molecule has 1 atom stereocenters. The number of likely N-dealkylation sites (tertiary alicyclic amines) is 1. The predicted molar refractivity (Wildman–Crippen MR) is 59.5 cm³/mol. The number of benzene rings is 1. The summed E-state index contributed by atoms with van der Waals surface area (Å²) in [6, 6.07) is 4.13. The maximum absolute atomic E-state index is 13.6. The van der Waals surface area contributed by atoms with E-state index >= 15 is 0 Å². The maximum atomic E-state index is 13.6. The topological polar surface area (TPSA) is 49.8 Å². The van der Waals surface area contributed by atoms with Crippen molar-refractivity contribution in [2.45, 2.75) is 12.5 Å². The van der Waals surface area contributed by atoms with Gasteiger partial charge in [0.25, 0.3) is 5.91 Å². The van der Waals surface area contributed by atoms with Crippen LogP contribution in [-0.4, -0.2) is 42.2 Å². The van der Waals surface area contributed by atoms with Gasteiger partial charge >= 0.3 is 0 Å². The zero-order valence-electron chi connectivity index (χ0n) is 9.52. The number of aliphatic hydroxyl groups excluding tert-OH is 1. The average molecular weight is 239 g/mol. The molecule has 1 aliphatic heterocycles. The Balaban J connectivity index is 2.19. The molecule has 4 nitrogen and oxygen atoms in total. The third kappa shape index (κ3) is 2.39. The van der Waals surface area contributed by atoms with Crippen LogP contribution in [0.15, 0.2) is 18.2 Å².